The fourth-order valence-corrected chi connectivity index (χ4v) is 3.01. The molecule has 0 amide bonds. The van der Waals surface area contributed by atoms with Crippen molar-refractivity contribution < 1.29 is 13.9 Å². The molecule has 1 aliphatic heterocycles. The number of nitrogens with one attached hydrogen (secondary N) is 1. The normalized spacial score (nSPS) is 27.4. The highest BCUT2D eigenvalue weighted by atomic mass is 19.1. The minimum Gasteiger partial charge on any atom is -0.496 e. The molecule has 118 valence electrons. The van der Waals surface area contributed by atoms with Gasteiger partial charge in [0.2, 0.25) is 0 Å². The second-order valence-electron chi connectivity index (χ2n) is 6.12. The van der Waals surface area contributed by atoms with Crippen LogP contribution in [0.2, 0.25) is 0 Å². The Morgan fingerprint density at radius 3 is 2.95 bits per heavy atom. The molecule has 1 saturated heterocycles. The third kappa shape index (κ3) is 3.95. The van der Waals surface area contributed by atoms with Crippen molar-refractivity contribution in [3.05, 3.63) is 29.6 Å². The maximum atomic E-state index is 13.5. The van der Waals surface area contributed by atoms with Crippen molar-refractivity contribution in [3.8, 4) is 5.75 Å². The molecular formula is C17H26FNO2. The quantitative estimate of drug-likeness (QED) is 0.895. The summed E-state index contributed by atoms with van der Waals surface area (Å²) >= 11 is 0. The Balaban J connectivity index is 2.07. The van der Waals surface area contributed by atoms with E-state index in [4.69, 9.17) is 9.47 Å². The summed E-state index contributed by atoms with van der Waals surface area (Å²) in [7, 11) is 1.62. The average molecular weight is 295 g/mol. The van der Waals surface area contributed by atoms with Crippen molar-refractivity contribution in [2.45, 2.75) is 57.7 Å². The molecule has 1 aliphatic rings. The Hall–Kier alpha value is -1.13. The van der Waals surface area contributed by atoms with E-state index in [1.165, 1.54) is 6.07 Å². The van der Waals surface area contributed by atoms with Gasteiger partial charge in [-0.25, -0.2) is 4.39 Å². The van der Waals surface area contributed by atoms with Crippen molar-refractivity contribution in [2.75, 3.05) is 13.7 Å². The lowest BCUT2D eigenvalue weighted by Crippen LogP contribution is -2.45. The lowest BCUT2D eigenvalue weighted by molar-refractivity contribution is -0.0789. The van der Waals surface area contributed by atoms with E-state index in [0.29, 0.717) is 6.04 Å². The highest BCUT2D eigenvalue weighted by molar-refractivity contribution is 5.36. The van der Waals surface area contributed by atoms with E-state index in [2.05, 4.69) is 26.1 Å². The summed E-state index contributed by atoms with van der Waals surface area (Å²) in [6, 6.07) is 5.08. The third-order valence-electron chi connectivity index (χ3n) is 4.49. The largest absolute Gasteiger partial charge is 0.496 e. The first-order valence-corrected chi connectivity index (χ1v) is 7.71. The zero-order chi connectivity index (χ0) is 15.5. The summed E-state index contributed by atoms with van der Waals surface area (Å²) in [5, 5.41) is 3.60. The summed E-state index contributed by atoms with van der Waals surface area (Å²) in [6.45, 7) is 7.14. The lowest BCUT2D eigenvalue weighted by atomic mass is 9.89. The molecule has 1 heterocycles. The van der Waals surface area contributed by atoms with Crippen LogP contribution in [0.15, 0.2) is 18.2 Å². The summed E-state index contributed by atoms with van der Waals surface area (Å²) in [4.78, 5) is 0. The van der Waals surface area contributed by atoms with Crippen LogP contribution in [0.25, 0.3) is 0 Å². The molecule has 1 aromatic carbocycles. The number of hydrogen-bond donors (Lipinski definition) is 1. The van der Waals surface area contributed by atoms with Crippen LogP contribution < -0.4 is 10.1 Å². The first-order valence-electron chi connectivity index (χ1n) is 7.71. The van der Waals surface area contributed by atoms with Gasteiger partial charge in [-0.2, -0.15) is 0 Å². The standard InChI is InChI=1S/C17H26FNO2/c1-5-17(3)11-14(8-9-21-17)19-12(2)15-10-13(18)6-7-16(15)20-4/h6-7,10,12,14,19H,5,8-9,11H2,1-4H3. The van der Waals surface area contributed by atoms with Crippen LogP contribution in [0.5, 0.6) is 5.75 Å². The van der Waals surface area contributed by atoms with Crippen LogP contribution in [0, 0.1) is 5.82 Å². The van der Waals surface area contributed by atoms with E-state index in [1.807, 2.05) is 0 Å². The number of ether oxygens (including phenoxy) is 2. The smallest absolute Gasteiger partial charge is 0.123 e. The summed E-state index contributed by atoms with van der Waals surface area (Å²) in [5.41, 5.74) is 0.809. The molecule has 21 heavy (non-hydrogen) atoms. The molecular weight excluding hydrogens is 269 g/mol. The molecule has 3 unspecified atom stereocenters. The van der Waals surface area contributed by atoms with Crippen LogP contribution >= 0.6 is 0 Å². The molecule has 2 rings (SSSR count). The second kappa shape index (κ2) is 6.75. The first-order chi connectivity index (χ1) is 9.97. The van der Waals surface area contributed by atoms with Gasteiger partial charge in [0.1, 0.15) is 11.6 Å². The van der Waals surface area contributed by atoms with Crippen LogP contribution in [-0.2, 0) is 4.74 Å². The van der Waals surface area contributed by atoms with E-state index in [-0.39, 0.29) is 17.5 Å². The van der Waals surface area contributed by atoms with Crippen LogP contribution in [0.3, 0.4) is 0 Å². The number of halogens is 1. The van der Waals surface area contributed by atoms with Gasteiger partial charge < -0.3 is 14.8 Å². The molecule has 3 nitrogen and oxygen atoms in total. The fraction of sp³-hybridized carbons (Fsp3) is 0.647. The zero-order valence-electron chi connectivity index (χ0n) is 13.4. The molecule has 0 aromatic heterocycles. The zero-order valence-corrected chi connectivity index (χ0v) is 13.4. The van der Waals surface area contributed by atoms with Gasteiger partial charge in [-0.3, -0.25) is 0 Å². The topological polar surface area (TPSA) is 30.5 Å². The number of benzene rings is 1. The minimum absolute atomic E-state index is 0.0415. The Morgan fingerprint density at radius 2 is 2.29 bits per heavy atom. The fourth-order valence-electron chi connectivity index (χ4n) is 3.01. The SMILES string of the molecule is CCC1(C)CC(NC(C)c2cc(F)ccc2OC)CCO1. The van der Waals surface area contributed by atoms with Gasteiger partial charge in [-0.1, -0.05) is 6.92 Å². The number of rotatable bonds is 5. The number of methoxy groups -OCH3 is 1. The van der Waals surface area contributed by atoms with Crippen molar-refractivity contribution in [2.24, 2.45) is 0 Å². The second-order valence-corrected chi connectivity index (χ2v) is 6.12. The maximum absolute atomic E-state index is 13.5. The van der Waals surface area contributed by atoms with Gasteiger partial charge in [0.05, 0.1) is 12.7 Å². The summed E-state index contributed by atoms with van der Waals surface area (Å²) in [6.07, 6.45) is 2.96. The summed E-state index contributed by atoms with van der Waals surface area (Å²) < 4.78 is 24.7. The maximum Gasteiger partial charge on any atom is 0.123 e. The van der Waals surface area contributed by atoms with Crippen LogP contribution in [-0.4, -0.2) is 25.4 Å². The first kappa shape index (κ1) is 16.2. The Labute approximate surface area is 126 Å². The van der Waals surface area contributed by atoms with E-state index in [1.54, 1.807) is 19.2 Å². The van der Waals surface area contributed by atoms with Gasteiger partial charge in [0.25, 0.3) is 0 Å². The predicted octanol–water partition coefficient (Wildman–Crippen LogP) is 3.83. The highest BCUT2D eigenvalue weighted by Gasteiger charge is 2.32. The van der Waals surface area contributed by atoms with Crippen LogP contribution in [0.1, 0.15) is 51.6 Å². The summed E-state index contributed by atoms with van der Waals surface area (Å²) in [5.74, 6) is 0.492. The molecule has 1 aromatic rings. The minimum atomic E-state index is -0.232. The Bertz CT molecular complexity index is 480. The highest BCUT2D eigenvalue weighted by Crippen LogP contribution is 2.31. The van der Waals surface area contributed by atoms with Crippen molar-refractivity contribution in [1.82, 2.24) is 5.32 Å². The Morgan fingerprint density at radius 1 is 1.52 bits per heavy atom. The molecule has 0 spiro atoms. The monoisotopic (exact) mass is 295 g/mol. The molecule has 1 fully saturated rings. The number of hydrogen-bond acceptors (Lipinski definition) is 3. The van der Waals surface area contributed by atoms with Gasteiger partial charge in [0.15, 0.2) is 0 Å². The molecule has 1 N–H and O–H groups in total. The lowest BCUT2D eigenvalue weighted by Gasteiger charge is -2.39. The van der Waals surface area contributed by atoms with Gasteiger partial charge in [-0.05, 0) is 51.3 Å². The van der Waals surface area contributed by atoms with E-state index in [0.717, 1.165) is 37.2 Å². The van der Waals surface area contributed by atoms with Crippen LogP contribution in [0.4, 0.5) is 4.39 Å². The molecule has 3 atom stereocenters. The van der Waals surface area contributed by atoms with E-state index < -0.39 is 0 Å². The predicted molar refractivity (Wildman–Crippen MR) is 82.2 cm³/mol. The molecule has 0 bridgehead atoms. The van der Waals surface area contributed by atoms with Crippen molar-refractivity contribution >= 4 is 0 Å². The molecule has 4 heteroatoms. The van der Waals surface area contributed by atoms with Gasteiger partial charge >= 0.3 is 0 Å². The third-order valence-corrected chi connectivity index (χ3v) is 4.49. The van der Waals surface area contributed by atoms with Crippen molar-refractivity contribution in [1.29, 1.82) is 0 Å². The van der Waals surface area contributed by atoms with Crippen molar-refractivity contribution in [3.63, 3.8) is 0 Å². The Kier molecular flexibility index (Phi) is 5.22. The average Bonchev–Trinajstić information content (AvgIpc) is 2.47. The molecule has 0 radical (unpaired) electrons. The van der Waals surface area contributed by atoms with Gasteiger partial charge in [0, 0.05) is 24.3 Å². The molecule has 0 aliphatic carbocycles. The van der Waals surface area contributed by atoms with E-state index in [9.17, 15) is 4.39 Å². The van der Waals surface area contributed by atoms with Gasteiger partial charge in [-0.15, -0.1) is 0 Å². The molecule has 0 saturated carbocycles. The van der Waals surface area contributed by atoms with E-state index >= 15 is 0 Å².